The van der Waals surface area contributed by atoms with Gasteiger partial charge in [0.05, 0.1) is 0 Å². The maximum atomic E-state index is 8.65. The van der Waals surface area contributed by atoms with Gasteiger partial charge in [0.15, 0.2) is 0 Å². The van der Waals surface area contributed by atoms with Gasteiger partial charge in [-0.1, -0.05) is 0 Å². The van der Waals surface area contributed by atoms with E-state index in [0.29, 0.717) is 5.92 Å². The maximum absolute atomic E-state index is 8.65. The molecule has 0 aromatic carbocycles. The van der Waals surface area contributed by atoms with Crippen molar-refractivity contribution in [1.82, 2.24) is 0 Å². The fourth-order valence-corrected chi connectivity index (χ4v) is 1.93. The van der Waals surface area contributed by atoms with Crippen LogP contribution in [0.3, 0.4) is 0 Å². The molecule has 2 unspecified atom stereocenters. The summed E-state index contributed by atoms with van der Waals surface area (Å²) in [6.45, 7) is 0. The van der Waals surface area contributed by atoms with E-state index in [1.807, 2.05) is 0 Å². The van der Waals surface area contributed by atoms with E-state index < -0.39 is 0 Å². The molecular formula is C4H8OSn. The topological polar surface area (TPSA) is 20.2 Å². The van der Waals surface area contributed by atoms with Crippen LogP contribution in [0.15, 0.2) is 0 Å². The van der Waals surface area contributed by atoms with E-state index in [2.05, 4.69) is 0 Å². The van der Waals surface area contributed by atoms with Crippen molar-refractivity contribution in [2.75, 3.05) is 0 Å². The summed E-state index contributed by atoms with van der Waals surface area (Å²) >= 11 is 1.32. The molecule has 1 fully saturated rings. The van der Waals surface area contributed by atoms with E-state index in [0.717, 1.165) is 6.42 Å². The van der Waals surface area contributed by atoms with Gasteiger partial charge in [0.2, 0.25) is 0 Å². The first-order valence-electron chi connectivity index (χ1n) is 2.22. The predicted molar refractivity (Wildman–Crippen MR) is 26.1 cm³/mol. The Hall–Kier alpha value is 0.759. The zero-order valence-electron chi connectivity index (χ0n) is 3.59. The molecular weight excluding hydrogens is 183 g/mol. The number of hydrogen-bond acceptors (Lipinski definition) is 1. The standard InChI is InChI=1S/C4H7O.Sn.H/c1-3-2-4(3)5;;/h3-5H,1-2H2;;. The van der Waals surface area contributed by atoms with Gasteiger partial charge in [-0.05, 0) is 0 Å². The molecule has 2 radical (unpaired) electrons. The second-order valence-corrected chi connectivity index (χ2v) is 3.14. The van der Waals surface area contributed by atoms with Crippen molar-refractivity contribution in [3.8, 4) is 0 Å². The van der Waals surface area contributed by atoms with Crippen molar-refractivity contribution in [3.63, 3.8) is 0 Å². The Balaban J connectivity index is 2.09. The minimum absolute atomic E-state index is 0.0973. The molecule has 0 heterocycles. The SMILES string of the molecule is OC1CC1[CH2][SnH]. The summed E-state index contributed by atoms with van der Waals surface area (Å²) in [4.78, 5) is 0. The first-order valence-corrected chi connectivity index (χ1v) is 4.55. The Kier molecular flexibility index (Phi) is 1.39. The summed E-state index contributed by atoms with van der Waals surface area (Å²) in [6, 6.07) is 0. The summed E-state index contributed by atoms with van der Waals surface area (Å²) in [5.74, 6) is 0.715. The third kappa shape index (κ3) is 0.876. The summed E-state index contributed by atoms with van der Waals surface area (Å²) in [6.07, 6.45) is 1.18. The van der Waals surface area contributed by atoms with Gasteiger partial charge in [-0.25, -0.2) is 0 Å². The quantitative estimate of drug-likeness (QED) is 0.563. The van der Waals surface area contributed by atoms with Gasteiger partial charge < -0.3 is 0 Å². The van der Waals surface area contributed by atoms with Gasteiger partial charge in [-0.2, -0.15) is 0 Å². The average Bonchev–Trinajstić information content (AvgIpc) is 2.19. The molecule has 0 saturated heterocycles. The molecule has 0 bridgehead atoms. The Morgan fingerprint density at radius 3 is 2.33 bits per heavy atom. The molecule has 1 aliphatic rings. The third-order valence-corrected chi connectivity index (χ3v) is 2.92. The minimum atomic E-state index is 0.0973. The van der Waals surface area contributed by atoms with E-state index in [1.54, 1.807) is 0 Å². The van der Waals surface area contributed by atoms with Crippen molar-refractivity contribution < 1.29 is 5.11 Å². The van der Waals surface area contributed by atoms with Crippen LogP contribution in [0, 0.1) is 5.92 Å². The zero-order chi connectivity index (χ0) is 4.57. The predicted octanol–water partition coefficient (Wildman–Crippen LogP) is -0.314. The van der Waals surface area contributed by atoms with Gasteiger partial charge in [-0.15, -0.1) is 0 Å². The Labute approximate surface area is 50.8 Å². The summed E-state index contributed by atoms with van der Waals surface area (Å²) in [7, 11) is 0. The van der Waals surface area contributed by atoms with Crippen LogP contribution in [0.4, 0.5) is 0 Å². The van der Waals surface area contributed by atoms with Crippen LogP contribution >= 0.6 is 0 Å². The molecule has 1 rings (SSSR count). The number of hydrogen-bond donors (Lipinski definition) is 1. The number of aliphatic hydroxyl groups excluding tert-OH is 1. The average molecular weight is 191 g/mol. The van der Waals surface area contributed by atoms with E-state index in [-0.39, 0.29) is 6.10 Å². The van der Waals surface area contributed by atoms with Crippen LogP contribution in [0.1, 0.15) is 6.42 Å². The number of aliphatic hydroxyl groups is 1. The molecule has 1 nitrogen and oxygen atoms in total. The Morgan fingerprint density at radius 1 is 1.83 bits per heavy atom. The molecule has 0 amide bonds. The van der Waals surface area contributed by atoms with Crippen LogP contribution < -0.4 is 0 Å². The number of rotatable bonds is 1. The van der Waals surface area contributed by atoms with Crippen LogP contribution in [0.2, 0.25) is 4.44 Å². The van der Waals surface area contributed by atoms with E-state index in [9.17, 15) is 0 Å². The van der Waals surface area contributed by atoms with Gasteiger partial charge in [0.25, 0.3) is 0 Å². The fraction of sp³-hybridized carbons (Fsp3) is 1.00. The van der Waals surface area contributed by atoms with Crippen LogP contribution in [0.25, 0.3) is 0 Å². The van der Waals surface area contributed by atoms with Crippen molar-refractivity contribution >= 4 is 22.5 Å². The molecule has 0 aliphatic heterocycles. The van der Waals surface area contributed by atoms with Crippen molar-refractivity contribution in [2.45, 2.75) is 17.0 Å². The molecule has 1 N–H and O–H groups in total. The molecule has 6 heavy (non-hydrogen) atoms. The molecule has 0 aromatic heterocycles. The van der Waals surface area contributed by atoms with Gasteiger partial charge >= 0.3 is 50.5 Å². The first-order chi connectivity index (χ1) is 2.84. The fourth-order valence-electron chi connectivity index (χ4n) is 0.485. The van der Waals surface area contributed by atoms with Crippen molar-refractivity contribution in [2.24, 2.45) is 5.92 Å². The zero-order valence-corrected chi connectivity index (χ0v) is 6.89. The molecule has 2 atom stereocenters. The molecule has 34 valence electrons. The monoisotopic (exact) mass is 192 g/mol. The van der Waals surface area contributed by atoms with Crippen LogP contribution in [-0.4, -0.2) is 33.7 Å². The van der Waals surface area contributed by atoms with Crippen molar-refractivity contribution in [1.29, 1.82) is 0 Å². The normalized spacial score (nSPS) is 43.0. The Morgan fingerprint density at radius 2 is 2.33 bits per heavy atom. The van der Waals surface area contributed by atoms with E-state index in [4.69, 9.17) is 5.11 Å². The van der Waals surface area contributed by atoms with Crippen LogP contribution in [0.5, 0.6) is 0 Å². The van der Waals surface area contributed by atoms with Crippen LogP contribution in [-0.2, 0) is 0 Å². The van der Waals surface area contributed by atoms with Gasteiger partial charge in [0, 0.05) is 0 Å². The van der Waals surface area contributed by atoms with Gasteiger partial charge in [-0.3, -0.25) is 0 Å². The second kappa shape index (κ2) is 1.70. The molecule has 1 saturated carbocycles. The molecule has 0 spiro atoms. The van der Waals surface area contributed by atoms with Crippen molar-refractivity contribution in [3.05, 3.63) is 0 Å². The molecule has 0 aromatic rings. The second-order valence-electron chi connectivity index (χ2n) is 1.80. The first kappa shape index (κ1) is 4.91. The third-order valence-electron chi connectivity index (χ3n) is 1.19. The Bertz CT molecular complexity index is 53.5. The summed E-state index contributed by atoms with van der Waals surface area (Å²) in [5, 5.41) is 8.65. The summed E-state index contributed by atoms with van der Waals surface area (Å²) < 4.78 is 1.28. The van der Waals surface area contributed by atoms with E-state index in [1.165, 1.54) is 27.0 Å². The summed E-state index contributed by atoms with van der Waals surface area (Å²) in [5.41, 5.74) is 0. The molecule has 1 aliphatic carbocycles. The van der Waals surface area contributed by atoms with E-state index >= 15 is 0 Å². The van der Waals surface area contributed by atoms with Gasteiger partial charge in [0.1, 0.15) is 0 Å². The molecule has 2 heteroatoms.